The molecule has 0 spiro atoms. The number of fused-ring (bicyclic) bond motifs is 1. The molecule has 0 bridgehead atoms. The Morgan fingerprint density at radius 3 is 3.16 bits per heavy atom. The van der Waals surface area contributed by atoms with Crippen molar-refractivity contribution in [3.63, 3.8) is 0 Å². The van der Waals surface area contributed by atoms with E-state index >= 15 is 0 Å². The molecule has 1 amide bonds. The van der Waals surface area contributed by atoms with Gasteiger partial charge in [-0.25, -0.2) is 0 Å². The van der Waals surface area contributed by atoms with Gasteiger partial charge >= 0.3 is 0 Å². The van der Waals surface area contributed by atoms with Gasteiger partial charge in [0.05, 0.1) is 11.8 Å². The van der Waals surface area contributed by atoms with E-state index in [1.54, 1.807) is 6.20 Å². The zero-order valence-corrected chi connectivity index (χ0v) is 14.0. The van der Waals surface area contributed by atoms with Gasteiger partial charge < -0.3 is 20.3 Å². The molecule has 4 rings (SSSR count). The van der Waals surface area contributed by atoms with Crippen LogP contribution < -0.4 is 10.6 Å². The number of amides is 1. The molecule has 130 valence electrons. The van der Waals surface area contributed by atoms with Crippen molar-refractivity contribution in [2.45, 2.75) is 31.5 Å². The highest BCUT2D eigenvalue weighted by molar-refractivity contribution is 5.94. The second-order valence-electron chi connectivity index (χ2n) is 6.40. The molecule has 6 heteroatoms. The number of rotatable bonds is 4. The molecule has 3 aliphatic rings. The van der Waals surface area contributed by atoms with E-state index in [2.05, 4.69) is 20.5 Å². The van der Waals surface area contributed by atoms with E-state index in [0.717, 1.165) is 37.1 Å². The van der Waals surface area contributed by atoms with Crippen molar-refractivity contribution in [1.82, 2.24) is 20.5 Å². The third-order valence-corrected chi connectivity index (χ3v) is 4.70. The van der Waals surface area contributed by atoms with Gasteiger partial charge in [-0.3, -0.25) is 9.78 Å². The van der Waals surface area contributed by atoms with Gasteiger partial charge in [-0.05, 0) is 37.5 Å². The summed E-state index contributed by atoms with van der Waals surface area (Å²) in [6.45, 7) is 1.34. The van der Waals surface area contributed by atoms with E-state index < -0.39 is 0 Å². The lowest BCUT2D eigenvalue weighted by Crippen LogP contribution is -2.38. The van der Waals surface area contributed by atoms with Crippen LogP contribution in [0, 0.1) is 0 Å². The molecule has 2 atom stereocenters. The predicted molar refractivity (Wildman–Crippen MR) is 93.9 cm³/mol. The van der Waals surface area contributed by atoms with Crippen molar-refractivity contribution in [3.8, 4) is 0 Å². The average Bonchev–Trinajstić information content (AvgIpc) is 3.07. The van der Waals surface area contributed by atoms with Crippen LogP contribution in [-0.2, 0) is 9.53 Å². The Kier molecular flexibility index (Phi) is 4.52. The minimum atomic E-state index is -0.128. The highest BCUT2D eigenvalue weighted by Gasteiger charge is 2.34. The largest absolute Gasteiger partial charge is 0.376 e. The molecule has 1 saturated heterocycles. The Hall–Kier alpha value is -2.60. The van der Waals surface area contributed by atoms with Gasteiger partial charge in [0.15, 0.2) is 0 Å². The van der Waals surface area contributed by atoms with Crippen LogP contribution >= 0.6 is 0 Å². The fourth-order valence-electron chi connectivity index (χ4n) is 3.40. The minimum absolute atomic E-state index is 0.0967. The van der Waals surface area contributed by atoms with Crippen LogP contribution in [0.4, 0.5) is 0 Å². The Morgan fingerprint density at radius 1 is 1.40 bits per heavy atom. The fraction of sp³-hybridized carbons (Fsp3) is 0.368. The second kappa shape index (κ2) is 7.11. The highest BCUT2D eigenvalue weighted by Crippen LogP contribution is 2.33. The molecule has 1 aromatic heterocycles. The standard InChI is InChI=1S/C19H22N4O2/c24-19(21-13-15-7-2-4-11-25-15)17-16-8-1-3-10-23(16)18(22-17)14-6-5-9-20-12-14/h1,3,5-6,8-10,12,15,18,22H,2,4,7,11,13H2,(H,21,24). The SMILES string of the molecule is O=C(NCC1CCCCO1)C1=C2C=CC=CN2C(c2cccnc2)N1. The van der Waals surface area contributed by atoms with Crippen LogP contribution in [0.5, 0.6) is 0 Å². The number of pyridine rings is 1. The minimum Gasteiger partial charge on any atom is -0.376 e. The van der Waals surface area contributed by atoms with Crippen LogP contribution in [0.25, 0.3) is 0 Å². The van der Waals surface area contributed by atoms with E-state index in [1.165, 1.54) is 0 Å². The molecule has 1 fully saturated rings. The summed E-state index contributed by atoms with van der Waals surface area (Å²) in [5.41, 5.74) is 2.47. The van der Waals surface area contributed by atoms with E-state index in [0.29, 0.717) is 12.2 Å². The summed E-state index contributed by atoms with van der Waals surface area (Å²) in [4.78, 5) is 19.0. The smallest absolute Gasteiger partial charge is 0.269 e. The van der Waals surface area contributed by atoms with Crippen molar-refractivity contribution >= 4 is 5.91 Å². The molecule has 3 aliphatic heterocycles. The number of hydrogen-bond donors (Lipinski definition) is 2. The first kappa shape index (κ1) is 15.9. The Bertz CT molecular complexity index is 720. The zero-order valence-electron chi connectivity index (χ0n) is 14.0. The maximum atomic E-state index is 12.7. The first-order valence-electron chi connectivity index (χ1n) is 8.76. The summed E-state index contributed by atoms with van der Waals surface area (Å²) in [7, 11) is 0. The van der Waals surface area contributed by atoms with Crippen LogP contribution in [0.2, 0.25) is 0 Å². The summed E-state index contributed by atoms with van der Waals surface area (Å²) < 4.78 is 5.69. The predicted octanol–water partition coefficient (Wildman–Crippen LogP) is 1.97. The van der Waals surface area contributed by atoms with Crippen LogP contribution in [0.3, 0.4) is 0 Å². The summed E-state index contributed by atoms with van der Waals surface area (Å²) in [5, 5.41) is 6.36. The second-order valence-corrected chi connectivity index (χ2v) is 6.40. The third-order valence-electron chi connectivity index (χ3n) is 4.70. The number of carbonyl (C=O) groups is 1. The third kappa shape index (κ3) is 3.30. The van der Waals surface area contributed by atoms with Gasteiger partial charge in [0.1, 0.15) is 11.9 Å². The molecule has 1 aromatic rings. The number of nitrogens with one attached hydrogen (secondary N) is 2. The summed E-state index contributed by atoms with van der Waals surface area (Å²) >= 11 is 0. The van der Waals surface area contributed by atoms with E-state index in [1.807, 2.05) is 42.8 Å². The van der Waals surface area contributed by atoms with Crippen molar-refractivity contribution in [1.29, 1.82) is 0 Å². The van der Waals surface area contributed by atoms with Crippen molar-refractivity contribution in [2.75, 3.05) is 13.2 Å². The zero-order chi connectivity index (χ0) is 17.1. The number of hydrogen-bond acceptors (Lipinski definition) is 5. The number of aromatic nitrogens is 1. The molecule has 4 heterocycles. The molecule has 0 saturated carbocycles. The van der Waals surface area contributed by atoms with Gasteiger partial charge in [0, 0.05) is 37.3 Å². The molecular weight excluding hydrogens is 316 g/mol. The first-order chi connectivity index (χ1) is 12.3. The van der Waals surface area contributed by atoms with Crippen LogP contribution in [0.1, 0.15) is 31.0 Å². The van der Waals surface area contributed by atoms with E-state index in [-0.39, 0.29) is 18.2 Å². The molecule has 0 aromatic carbocycles. The van der Waals surface area contributed by atoms with Gasteiger partial charge in [-0.15, -0.1) is 0 Å². The summed E-state index contributed by atoms with van der Waals surface area (Å²) in [6.07, 6.45) is 14.7. The lowest BCUT2D eigenvalue weighted by Gasteiger charge is -2.25. The number of carbonyl (C=O) groups excluding carboxylic acids is 1. The van der Waals surface area contributed by atoms with Gasteiger partial charge in [-0.2, -0.15) is 0 Å². The van der Waals surface area contributed by atoms with E-state index in [4.69, 9.17) is 4.74 Å². The number of ether oxygens (including phenoxy) is 1. The molecule has 6 nitrogen and oxygen atoms in total. The quantitative estimate of drug-likeness (QED) is 0.879. The molecule has 2 N–H and O–H groups in total. The number of nitrogens with zero attached hydrogens (tertiary/aromatic N) is 2. The van der Waals surface area contributed by atoms with Crippen molar-refractivity contribution in [3.05, 3.63) is 65.9 Å². The number of allylic oxidation sites excluding steroid dienone is 3. The summed E-state index contributed by atoms with van der Waals surface area (Å²) in [5.74, 6) is -0.0967. The molecule has 0 aliphatic carbocycles. The molecule has 0 radical (unpaired) electrons. The monoisotopic (exact) mass is 338 g/mol. The van der Waals surface area contributed by atoms with Crippen molar-refractivity contribution < 1.29 is 9.53 Å². The van der Waals surface area contributed by atoms with Gasteiger partial charge in [-0.1, -0.05) is 12.1 Å². The lowest BCUT2D eigenvalue weighted by molar-refractivity contribution is -0.118. The Morgan fingerprint density at radius 2 is 2.36 bits per heavy atom. The highest BCUT2D eigenvalue weighted by atomic mass is 16.5. The maximum Gasteiger partial charge on any atom is 0.269 e. The Balaban J connectivity index is 1.49. The lowest BCUT2D eigenvalue weighted by atomic mass is 10.1. The Labute approximate surface area is 147 Å². The molecule has 2 unspecified atom stereocenters. The van der Waals surface area contributed by atoms with E-state index in [9.17, 15) is 4.79 Å². The van der Waals surface area contributed by atoms with Gasteiger partial charge in [0.2, 0.25) is 0 Å². The molecule has 25 heavy (non-hydrogen) atoms. The topological polar surface area (TPSA) is 66.5 Å². The molecular formula is C19H22N4O2. The summed E-state index contributed by atoms with van der Waals surface area (Å²) in [6, 6.07) is 3.91. The fourth-order valence-corrected chi connectivity index (χ4v) is 3.40. The van der Waals surface area contributed by atoms with Crippen molar-refractivity contribution in [2.24, 2.45) is 0 Å². The average molecular weight is 338 g/mol. The van der Waals surface area contributed by atoms with Crippen LogP contribution in [0.15, 0.2) is 60.3 Å². The van der Waals surface area contributed by atoms with Gasteiger partial charge in [0.25, 0.3) is 5.91 Å². The van der Waals surface area contributed by atoms with Crippen LogP contribution in [-0.4, -0.2) is 35.0 Å². The first-order valence-corrected chi connectivity index (χ1v) is 8.76. The maximum absolute atomic E-state index is 12.7. The normalized spacial score (nSPS) is 24.9.